The highest BCUT2D eigenvalue weighted by atomic mass is 16.7. The van der Waals surface area contributed by atoms with Gasteiger partial charge in [-0.3, -0.25) is 4.84 Å². The molecule has 0 bridgehead atoms. The maximum Gasteiger partial charge on any atom is 0.0977 e. The van der Waals surface area contributed by atoms with Crippen LogP contribution in [0.3, 0.4) is 0 Å². The smallest absolute Gasteiger partial charge is 0.0977 e. The second-order valence-corrected chi connectivity index (χ2v) is 8.96. The fourth-order valence-corrected chi connectivity index (χ4v) is 4.45. The molecule has 188 valence electrons. The topological polar surface area (TPSA) is 51.2 Å². The van der Waals surface area contributed by atoms with E-state index in [1.165, 1.54) is 0 Å². The van der Waals surface area contributed by atoms with Gasteiger partial charge in [0.1, 0.15) is 0 Å². The van der Waals surface area contributed by atoms with E-state index in [1.807, 2.05) is 96.1 Å². The highest BCUT2D eigenvalue weighted by Gasteiger charge is 2.43. The lowest BCUT2D eigenvalue weighted by Gasteiger charge is -2.45. The fourth-order valence-electron chi connectivity index (χ4n) is 4.45. The summed E-state index contributed by atoms with van der Waals surface area (Å²) >= 11 is 0. The van der Waals surface area contributed by atoms with E-state index >= 15 is 0 Å². The minimum atomic E-state index is -0.821. The van der Waals surface area contributed by atoms with Gasteiger partial charge in [0, 0.05) is 12.5 Å². The lowest BCUT2D eigenvalue weighted by molar-refractivity contribution is -0.288. The fraction of sp³-hybridized carbons (Fsp3) is 0.290. The average Bonchev–Trinajstić information content (AvgIpc) is 2.93. The van der Waals surface area contributed by atoms with Crippen molar-refractivity contribution in [3.05, 3.63) is 132 Å². The van der Waals surface area contributed by atoms with Gasteiger partial charge in [0.2, 0.25) is 0 Å². The average molecular weight is 486 g/mol. The summed E-state index contributed by atoms with van der Waals surface area (Å²) in [7, 11) is 0. The van der Waals surface area contributed by atoms with E-state index in [-0.39, 0.29) is 18.6 Å². The Hall–Kier alpha value is -3.06. The van der Waals surface area contributed by atoms with Gasteiger partial charge in [0.15, 0.2) is 0 Å². The molecular formula is C31H35NO4. The van der Waals surface area contributed by atoms with Crippen molar-refractivity contribution in [2.45, 2.75) is 38.0 Å². The van der Waals surface area contributed by atoms with Gasteiger partial charge in [0.05, 0.1) is 44.7 Å². The van der Waals surface area contributed by atoms with Gasteiger partial charge in [-0.15, -0.1) is 0 Å². The molecule has 1 aliphatic rings. The normalized spacial score (nSPS) is 21.4. The van der Waals surface area contributed by atoms with Crippen molar-refractivity contribution >= 4 is 0 Å². The maximum absolute atomic E-state index is 11.4. The first-order valence-electron chi connectivity index (χ1n) is 12.4. The summed E-state index contributed by atoms with van der Waals surface area (Å²) in [6.45, 7) is 5.83. The van der Waals surface area contributed by atoms with Gasteiger partial charge in [-0.05, 0) is 16.7 Å². The van der Waals surface area contributed by atoms with Crippen molar-refractivity contribution in [3.8, 4) is 0 Å². The molecule has 3 aromatic rings. The van der Waals surface area contributed by atoms with E-state index in [0.717, 1.165) is 16.7 Å². The van der Waals surface area contributed by atoms with E-state index in [2.05, 4.69) is 18.7 Å². The largest absolute Gasteiger partial charge is 0.389 e. The zero-order valence-corrected chi connectivity index (χ0v) is 20.6. The quantitative estimate of drug-likeness (QED) is 0.352. The van der Waals surface area contributed by atoms with Crippen LogP contribution >= 0.6 is 0 Å². The molecule has 0 saturated carbocycles. The molecule has 0 unspecified atom stereocenters. The standard InChI is InChI=1S/C31H35NO4/c1-2-3-19-28-23-36-32(20-25-13-7-4-8-14-25)30(31(28)35-22-27-17-11-6-12-18-27)29(33)24-34-21-26-15-9-5-10-16-26/h2-19,28-31,33H,1,20-24H2/b19-3+/t28-,29+,30-,31+/m0/s1. The molecule has 1 fully saturated rings. The zero-order valence-electron chi connectivity index (χ0n) is 20.6. The van der Waals surface area contributed by atoms with Crippen LogP contribution in [0.5, 0.6) is 0 Å². The van der Waals surface area contributed by atoms with E-state index in [1.54, 1.807) is 6.08 Å². The van der Waals surface area contributed by atoms with E-state index in [9.17, 15) is 5.11 Å². The summed E-state index contributed by atoms with van der Waals surface area (Å²) in [6.07, 6.45) is 4.58. The van der Waals surface area contributed by atoms with Crippen molar-refractivity contribution in [1.29, 1.82) is 0 Å². The van der Waals surface area contributed by atoms with Crippen LogP contribution in [0.25, 0.3) is 0 Å². The molecule has 36 heavy (non-hydrogen) atoms. The Morgan fingerprint density at radius 1 is 0.889 bits per heavy atom. The number of allylic oxidation sites excluding steroid dienone is 2. The van der Waals surface area contributed by atoms with Crippen LogP contribution in [0, 0.1) is 5.92 Å². The van der Waals surface area contributed by atoms with Gasteiger partial charge in [-0.25, -0.2) is 0 Å². The molecule has 0 aliphatic carbocycles. The first kappa shape index (κ1) is 26.0. The highest BCUT2D eigenvalue weighted by Crippen LogP contribution is 2.30. The number of rotatable bonds is 12. The molecule has 5 nitrogen and oxygen atoms in total. The van der Waals surface area contributed by atoms with Crippen molar-refractivity contribution in [2.75, 3.05) is 13.2 Å². The minimum Gasteiger partial charge on any atom is -0.389 e. The number of hydrogen-bond donors (Lipinski definition) is 1. The molecule has 1 saturated heterocycles. The SMILES string of the molecule is C=C/C=C/[C@H]1CON(Cc2ccccc2)[C@@H]([C@H](O)COCc2ccccc2)[C@@H]1OCc1ccccc1. The van der Waals surface area contributed by atoms with Crippen molar-refractivity contribution in [3.63, 3.8) is 0 Å². The van der Waals surface area contributed by atoms with Gasteiger partial charge >= 0.3 is 0 Å². The van der Waals surface area contributed by atoms with Gasteiger partial charge in [0.25, 0.3) is 0 Å². The second kappa shape index (κ2) is 13.9. The molecular weight excluding hydrogens is 450 g/mol. The molecule has 5 heteroatoms. The van der Waals surface area contributed by atoms with E-state index in [0.29, 0.717) is 26.4 Å². The number of ether oxygens (including phenoxy) is 2. The Morgan fingerprint density at radius 2 is 1.47 bits per heavy atom. The van der Waals surface area contributed by atoms with Crippen LogP contribution in [0.4, 0.5) is 0 Å². The lowest BCUT2D eigenvalue weighted by Crippen LogP contribution is -2.59. The molecule has 4 atom stereocenters. The summed E-state index contributed by atoms with van der Waals surface area (Å²) in [5.41, 5.74) is 3.25. The summed E-state index contributed by atoms with van der Waals surface area (Å²) in [4.78, 5) is 6.22. The minimum absolute atomic E-state index is 0.0486. The van der Waals surface area contributed by atoms with Crippen molar-refractivity contribution < 1.29 is 19.4 Å². The Bertz CT molecular complexity index is 1060. The van der Waals surface area contributed by atoms with Crippen LogP contribution in [0.15, 0.2) is 116 Å². The Labute approximate surface area is 214 Å². The number of nitrogens with zero attached hydrogens (tertiary/aromatic N) is 1. The molecule has 1 heterocycles. The van der Waals surface area contributed by atoms with Crippen molar-refractivity contribution in [2.24, 2.45) is 5.92 Å². The summed E-state index contributed by atoms with van der Waals surface area (Å²) in [5, 5.41) is 13.3. The summed E-state index contributed by atoms with van der Waals surface area (Å²) < 4.78 is 12.5. The van der Waals surface area contributed by atoms with Crippen LogP contribution in [-0.2, 0) is 34.1 Å². The second-order valence-electron chi connectivity index (χ2n) is 8.96. The molecule has 0 amide bonds. The molecule has 3 aromatic carbocycles. The van der Waals surface area contributed by atoms with Gasteiger partial charge in [-0.1, -0.05) is 116 Å². The predicted octanol–water partition coefficient (Wildman–Crippen LogP) is 5.32. The molecule has 0 aromatic heterocycles. The third-order valence-electron chi connectivity index (χ3n) is 6.28. The Morgan fingerprint density at radius 3 is 2.08 bits per heavy atom. The number of hydrogen-bond acceptors (Lipinski definition) is 5. The van der Waals surface area contributed by atoms with Crippen LogP contribution < -0.4 is 0 Å². The van der Waals surface area contributed by atoms with Crippen LogP contribution in [0.2, 0.25) is 0 Å². The predicted molar refractivity (Wildman–Crippen MR) is 142 cm³/mol. The zero-order chi connectivity index (χ0) is 25.0. The summed E-state index contributed by atoms with van der Waals surface area (Å²) in [5.74, 6) is -0.0486. The molecule has 1 aliphatic heterocycles. The molecule has 0 radical (unpaired) electrons. The lowest BCUT2D eigenvalue weighted by atomic mass is 9.90. The Kier molecular flexibility index (Phi) is 10.0. The first-order valence-corrected chi connectivity index (χ1v) is 12.4. The molecule has 1 N–H and O–H groups in total. The number of benzene rings is 3. The molecule has 4 rings (SSSR count). The van der Waals surface area contributed by atoms with Crippen LogP contribution in [-0.4, -0.2) is 41.6 Å². The first-order chi connectivity index (χ1) is 17.7. The number of aliphatic hydroxyl groups is 1. The van der Waals surface area contributed by atoms with Gasteiger partial charge < -0.3 is 14.6 Å². The van der Waals surface area contributed by atoms with Crippen LogP contribution in [0.1, 0.15) is 16.7 Å². The van der Waals surface area contributed by atoms with Gasteiger partial charge in [-0.2, -0.15) is 5.06 Å². The number of hydroxylamine groups is 2. The third-order valence-corrected chi connectivity index (χ3v) is 6.28. The van der Waals surface area contributed by atoms with E-state index < -0.39 is 12.1 Å². The summed E-state index contributed by atoms with van der Waals surface area (Å²) in [6, 6.07) is 29.7. The third kappa shape index (κ3) is 7.47. The van der Waals surface area contributed by atoms with E-state index in [4.69, 9.17) is 14.3 Å². The Balaban J connectivity index is 1.54. The maximum atomic E-state index is 11.4. The molecule has 0 spiro atoms. The number of aliphatic hydroxyl groups excluding tert-OH is 1. The van der Waals surface area contributed by atoms with Crippen molar-refractivity contribution in [1.82, 2.24) is 5.06 Å². The highest BCUT2D eigenvalue weighted by molar-refractivity contribution is 5.16. The monoisotopic (exact) mass is 485 g/mol.